The molecule has 35 heavy (non-hydrogen) atoms. The first-order valence-electron chi connectivity index (χ1n) is 10.7. The molecule has 0 aliphatic carbocycles. The normalized spacial score (nSPS) is 10.8. The highest BCUT2D eigenvalue weighted by atomic mass is 16.6. The highest BCUT2D eigenvalue weighted by molar-refractivity contribution is 6.10. The zero-order chi connectivity index (χ0) is 25.8. The number of aromatic hydroxyl groups is 1. The summed E-state index contributed by atoms with van der Waals surface area (Å²) in [5.41, 5.74) is 1.64. The van der Waals surface area contributed by atoms with Crippen LogP contribution >= 0.6 is 0 Å². The van der Waals surface area contributed by atoms with Gasteiger partial charge in [-0.2, -0.15) is 0 Å². The molecule has 0 fully saturated rings. The Kier molecular flexibility index (Phi) is 10.3. The molecule has 8 heteroatoms. The molecule has 0 heterocycles. The Morgan fingerprint density at radius 2 is 1.43 bits per heavy atom. The summed E-state index contributed by atoms with van der Waals surface area (Å²) >= 11 is 0. The predicted molar refractivity (Wildman–Crippen MR) is 132 cm³/mol. The molecule has 0 aromatic heterocycles. The average Bonchev–Trinajstić information content (AvgIpc) is 2.84. The van der Waals surface area contributed by atoms with E-state index in [1.807, 2.05) is 0 Å². The van der Waals surface area contributed by atoms with Gasteiger partial charge in [-0.3, -0.25) is 9.59 Å². The van der Waals surface area contributed by atoms with Gasteiger partial charge in [0.05, 0.1) is 20.6 Å². The molecule has 2 rings (SSSR count). The van der Waals surface area contributed by atoms with Crippen LogP contribution in [0.5, 0.6) is 23.0 Å². The molecule has 0 aliphatic rings. The van der Waals surface area contributed by atoms with E-state index in [0.717, 1.165) is 0 Å². The molecule has 184 valence electrons. The van der Waals surface area contributed by atoms with Crippen molar-refractivity contribution < 1.29 is 38.4 Å². The summed E-state index contributed by atoms with van der Waals surface area (Å²) in [6, 6.07) is 9.74. The summed E-state index contributed by atoms with van der Waals surface area (Å²) in [5, 5.41) is 9.61. The lowest BCUT2D eigenvalue weighted by molar-refractivity contribution is -0.139. The van der Waals surface area contributed by atoms with Crippen LogP contribution in [0.15, 0.2) is 60.7 Å². The minimum Gasteiger partial charge on any atom is -0.504 e. The molecule has 0 saturated heterocycles. The van der Waals surface area contributed by atoms with Crippen LogP contribution in [0.4, 0.5) is 0 Å². The molecule has 0 atom stereocenters. The van der Waals surface area contributed by atoms with Crippen molar-refractivity contribution in [3.63, 3.8) is 0 Å². The predicted octanol–water partition coefficient (Wildman–Crippen LogP) is 4.16. The lowest BCUT2D eigenvalue weighted by atomic mass is 10.1. The van der Waals surface area contributed by atoms with E-state index < -0.39 is 5.97 Å². The Balaban J connectivity index is 1.90. The summed E-state index contributed by atoms with van der Waals surface area (Å²) in [5.74, 6) is -0.0295. The van der Waals surface area contributed by atoms with Gasteiger partial charge in [-0.15, -0.1) is 0 Å². The maximum Gasteiger partial charge on any atom is 0.333 e. The maximum absolute atomic E-state index is 12.2. The Morgan fingerprint density at radius 3 is 2.00 bits per heavy atom. The van der Waals surface area contributed by atoms with Crippen molar-refractivity contribution in [3.05, 3.63) is 71.8 Å². The van der Waals surface area contributed by atoms with Crippen LogP contribution in [0.3, 0.4) is 0 Å². The first-order valence-corrected chi connectivity index (χ1v) is 10.7. The van der Waals surface area contributed by atoms with Crippen molar-refractivity contribution in [2.75, 3.05) is 27.4 Å². The van der Waals surface area contributed by atoms with Gasteiger partial charge in [0.2, 0.25) is 0 Å². The first kappa shape index (κ1) is 26.9. The van der Waals surface area contributed by atoms with E-state index in [1.54, 1.807) is 49.4 Å². The van der Waals surface area contributed by atoms with Crippen molar-refractivity contribution >= 4 is 29.7 Å². The summed E-state index contributed by atoms with van der Waals surface area (Å²) < 4.78 is 20.9. The molecule has 0 spiro atoms. The van der Waals surface area contributed by atoms with Crippen LogP contribution in [-0.2, 0) is 19.1 Å². The summed E-state index contributed by atoms with van der Waals surface area (Å²) in [6.45, 7) is 5.26. The van der Waals surface area contributed by atoms with Gasteiger partial charge in [-0.25, -0.2) is 4.79 Å². The molecule has 0 aliphatic heterocycles. The maximum atomic E-state index is 12.2. The number of allylic oxidation sites excluding steroid dienone is 2. The van der Waals surface area contributed by atoms with Gasteiger partial charge in [0, 0.05) is 5.57 Å². The number of phenols is 1. The fraction of sp³-hybridized carbons (Fsp3) is 0.222. The van der Waals surface area contributed by atoms with Gasteiger partial charge < -0.3 is 24.1 Å². The molecule has 1 N–H and O–H groups in total. The third kappa shape index (κ3) is 8.85. The first-order chi connectivity index (χ1) is 16.7. The van der Waals surface area contributed by atoms with E-state index in [4.69, 9.17) is 18.9 Å². The molecule has 8 nitrogen and oxygen atoms in total. The number of hydrogen-bond acceptors (Lipinski definition) is 8. The third-order valence-electron chi connectivity index (χ3n) is 4.59. The van der Waals surface area contributed by atoms with E-state index in [9.17, 15) is 19.5 Å². The van der Waals surface area contributed by atoms with E-state index in [0.29, 0.717) is 28.2 Å². The number of benzene rings is 2. The Morgan fingerprint density at radius 1 is 0.857 bits per heavy atom. The Bertz CT molecular complexity index is 1140. The molecular formula is C27H28O8. The largest absolute Gasteiger partial charge is 0.504 e. The summed E-state index contributed by atoms with van der Waals surface area (Å²) in [4.78, 5) is 35.7. The smallest absolute Gasteiger partial charge is 0.333 e. The number of carbonyl (C=O) groups is 3. The van der Waals surface area contributed by atoms with Crippen molar-refractivity contribution in [1.29, 1.82) is 0 Å². The van der Waals surface area contributed by atoms with Crippen molar-refractivity contribution in [2.24, 2.45) is 0 Å². The molecule has 0 bridgehead atoms. The lowest BCUT2D eigenvalue weighted by Crippen LogP contribution is -2.12. The van der Waals surface area contributed by atoms with Crippen molar-refractivity contribution in [2.45, 2.75) is 13.3 Å². The highest BCUT2D eigenvalue weighted by Crippen LogP contribution is 2.29. The van der Waals surface area contributed by atoms with Gasteiger partial charge in [-0.1, -0.05) is 30.9 Å². The van der Waals surface area contributed by atoms with Gasteiger partial charge >= 0.3 is 5.97 Å². The second kappa shape index (κ2) is 13.4. The fourth-order valence-electron chi connectivity index (χ4n) is 2.78. The molecular weight excluding hydrogens is 452 g/mol. The van der Waals surface area contributed by atoms with Gasteiger partial charge in [-0.05, 0) is 54.5 Å². The minimum atomic E-state index is -0.486. The van der Waals surface area contributed by atoms with Gasteiger partial charge in [0.25, 0.3) is 0 Å². The van der Waals surface area contributed by atoms with Crippen LogP contribution in [0, 0.1) is 0 Å². The van der Waals surface area contributed by atoms with Crippen LogP contribution < -0.4 is 14.2 Å². The number of ketones is 2. The zero-order valence-electron chi connectivity index (χ0n) is 19.9. The summed E-state index contributed by atoms with van der Waals surface area (Å²) in [7, 11) is 2.91. The van der Waals surface area contributed by atoms with Gasteiger partial charge in [0.1, 0.15) is 13.2 Å². The Hall–Kier alpha value is -4.33. The van der Waals surface area contributed by atoms with Gasteiger partial charge in [0.15, 0.2) is 34.6 Å². The standard InChI is InChI=1S/C27H28O8/c1-18(2)27(31)35-14-13-34-24-12-8-20(16-26(24)33-4)6-10-22(29)17-21(28)9-5-19-7-11-23(30)25(15-19)32-3/h5-12,15-16,30H,1,13-14,17H2,2-4H3/b9-5+,10-6+. The van der Waals surface area contributed by atoms with Crippen molar-refractivity contribution in [1.82, 2.24) is 0 Å². The third-order valence-corrected chi connectivity index (χ3v) is 4.59. The SMILES string of the molecule is C=C(C)C(=O)OCCOc1ccc(/C=C/C(=O)CC(=O)/C=C/c2ccc(O)c(OC)c2)cc1OC. The van der Waals surface area contributed by atoms with Crippen LogP contribution in [-0.4, -0.2) is 50.1 Å². The number of ether oxygens (including phenoxy) is 4. The minimum absolute atomic E-state index is 0.00314. The zero-order valence-corrected chi connectivity index (χ0v) is 19.9. The topological polar surface area (TPSA) is 108 Å². The molecule has 0 radical (unpaired) electrons. The number of carbonyl (C=O) groups excluding carboxylic acids is 3. The number of phenolic OH excluding ortho intramolecular Hbond substituents is 1. The monoisotopic (exact) mass is 480 g/mol. The number of hydrogen-bond donors (Lipinski definition) is 1. The summed E-state index contributed by atoms with van der Waals surface area (Å²) in [6.07, 6.45) is 5.46. The molecule has 2 aromatic carbocycles. The fourth-order valence-corrected chi connectivity index (χ4v) is 2.78. The molecule has 0 unspecified atom stereocenters. The van der Waals surface area contributed by atoms with Crippen LogP contribution in [0.25, 0.3) is 12.2 Å². The van der Waals surface area contributed by atoms with E-state index in [2.05, 4.69) is 6.58 Å². The quantitative estimate of drug-likeness (QED) is 0.197. The van der Waals surface area contributed by atoms with E-state index >= 15 is 0 Å². The molecule has 0 saturated carbocycles. The number of rotatable bonds is 13. The van der Waals surface area contributed by atoms with E-state index in [1.165, 1.54) is 32.4 Å². The van der Waals surface area contributed by atoms with Crippen LogP contribution in [0.1, 0.15) is 24.5 Å². The average molecular weight is 481 g/mol. The molecule has 0 amide bonds. The lowest BCUT2D eigenvalue weighted by Gasteiger charge is -2.11. The second-order valence-corrected chi connectivity index (χ2v) is 7.38. The van der Waals surface area contributed by atoms with Crippen molar-refractivity contribution in [3.8, 4) is 23.0 Å². The second-order valence-electron chi connectivity index (χ2n) is 7.38. The number of methoxy groups -OCH3 is 2. The number of esters is 1. The Labute approximate surface area is 204 Å². The molecule has 2 aromatic rings. The highest BCUT2D eigenvalue weighted by Gasteiger charge is 2.08. The van der Waals surface area contributed by atoms with E-state index in [-0.39, 0.29) is 42.7 Å². The van der Waals surface area contributed by atoms with Crippen LogP contribution in [0.2, 0.25) is 0 Å².